The average Bonchev–Trinajstić information content (AvgIpc) is 3.19. The highest BCUT2D eigenvalue weighted by atomic mass is 16.6. The topological polar surface area (TPSA) is 78.9 Å². The zero-order valence-electron chi connectivity index (χ0n) is 36.1. The molecular formula is C50H82O6. The van der Waals surface area contributed by atoms with Gasteiger partial charge in [0.15, 0.2) is 6.10 Å². The second kappa shape index (κ2) is 44.3. The molecule has 0 fully saturated rings. The van der Waals surface area contributed by atoms with E-state index in [4.69, 9.17) is 14.2 Å². The summed E-state index contributed by atoms with van der Waals surface area (Å²) in [5.74, 6) is -1.07. The summed E-state index contributed by atoms with van der Waals surface area (Å²) in [5, 5.41) is 0. The molecule has 0 saturated carbocycles. The van der Waals surface area contributed by atoms with Gasteiger partial charge >= 0.3 is 17.9 Å². The number of carbonyl (C=O) groups is 3. The Morgan fingerprint density at radius 2 is 0.821 bits per heavy atom. The summed E-state index contributed by atoms with van der Waals surface area (Å²) in [5.41, 5.74) is 0. The first-order valence-electron chi connectivity index (χ1n) is 22.7. The van der Waals surface area contributed by atoms with Gasteiger partial charge < -0.3 is 14.2 Å². The van der Waals surface area contributed by atoms with Crippen LogP contribution in [0.5, 0.6) is 0 Å². The van der Waals surface area contributed by atoms with Crippen LogP contribution in [0, 0.1) is 0 Å². The summed E-state index contributed by atoms with van der Waals surface area (Å²) in [6.07, 6.45) is 55.8. The quantitative estimate of drug-likeness (QED) is 0.0203. The lowest BCUT2D eigenvalue weighted by atomic mass is 10.0. The number of rotatable bonds is 39. The third kappa shape index (κ3) is 41.7. The third-order valence-electron chi connectivity index (χ3n) is 9.28. The van der Waals surface area contributed by atoms with Crippen molar-refractivity contribution in [1.82, 2.24) is 0 Å². The lowest BCUT2D eigenvalue weighted by molar-refractivity contribution is -0.166. The van der Waals surface area contributed by atoms with E-state index < -0.39 is 12.1 Å². The monoisotopic (exact) mass is 779 g/mol. The van der Waals surface area contributed by atoms with Gasteiger partial charge in [-0.3, -0.25) is 14.4 Å². The zero-order valence-corrected chi connectivity index (χ0v) is 36.1. The summed E-state index contributed by atoms with van der Waals surface area (Å²) < 4.78 is 16.6. The average molecular weight is 779 g/mol. The molecule has 56 heavy (non-hydrogen) atoms. The van der Waals surface area contributed by atoms with Crippen LogP contribution >= 0.6 is 0 Å². The van der Waals surface area contributed by atoms with Crippen LogP contribution in [0.3, 0.4) is 0 Å². The fourth-order valence-electron chi connectivity index (χ4n) is 5.88. The summed E-state index contributed by atoms with van der Waals surface area (Å²) in [4.78, 5) is 37.7. The van der Waals surface area contributed by atoms with E-state index in [9.17, 15) is 14.4 Å². The van der Waals surface area contributed by atoms with Gasteiger partial charge in [0.05, 0.1) is 0 Å². The number of ether oxygens (including phenoxy) is 3. The highest BCUT2D eigenvalue weighted by molar-refractivity contribution is 5.71. The Morgan fingerprint density at radius 3 is 1.36 bits per heavy atom. The number of hydrogen-bond donors (Lipinski definition) is 0. The largest absolute Gasteiger partial charge is 0.462 e. The summed E-state index contributed by atoms with van der Waals surface area (Å²) in [6.45, 7) is 6.34. The Balaban J connectivity index is 4.58. The second-order valence-corrected chi connectivity index (χ2v) is 14.7. The highest BCUT2D eigenvalue weighted by Crippen LogP contribution is 2.13. The SMILES string of the molecule is CC\C=C/C=C\C=C/C=C\C=C/CCCC(=O)OCC(COC(=O)CCCCCCCCCCCCCC)OC(=O)CC/C=C\C/C=C\CCCCCCCC. The fourth-order valence-corrected chi connectivity index (χ4v) is 5.88. The van der Waals surface area contributed by atoms with Crippen LogP contribution in [0.2, 0.25) is 0 Å². The molecule has 0 rings (SSSR count). The minimum atomic E-state index is -0.832. The Hall–Kier alpha value is -3.41. The molecule has 0 amide bonds. The number of unbranched alkanes of at least 4 members (excludes halogenated alkanes) is 18. The third-order valence-corrected chi connectivity index (χ3v) is 9.28. The van der Waals surface area contributed by atoms with E-state index in [0.29, 0.717) is 19.3 Å². The van der Waals surface area contributed by atoms with Crippen LogP contribution in [0.15, 0.2) is 85.1 Å². The first kappa shape index (κ1) is 52.6. The van der Waals surface area contributed by atoms with E-state index in [1.165, 1.54) is 96.3 Å². The maximum Gasteiger partial charge on any atom is 0.306 e. The van der Waals surface area contributed by atoms with E-state index in [-0.39, 0.29) is 38.0 Å². The smallest absolute Gasteiger partial charge is 0.306 e. The van der Waals surface area contributed by atoms with Gasteiger partial charge in [0.25, 0.3) is 0 Å². The molecule has 0 aliphatic heterocycles. The number of carbonyl (C=O) groups excluding carboxylic acids is 3. The molecule has 0 N–H and O–H groups in total. The van der Waals surface area contributed by atoms with Crippen molar-refractivity contribution in [2.45, 2.75) is 200 Å². The van der Waals surface area contributed by atoms with Crippen LogP contribution in [0.1, 0.15) is 194 Å². The van der Waals surface area contributed by atoms with E-state index >= 15 is 0 Å². The van der Waals surface area contributed by atoms with E-state index in [1.807, 2.05) is 60.8 Å². The van der Waals surface area contributed by atoms with Gasteiger partial charge in [-0.15, -0.1) is 0 Å². The summed E-state index contributed by atoms with van der Waals surface area (Å²) in [7, 11) is 0. The summed E-state index contributed by atoms with van der Waals surface area (Å²) in [6, 6.07) is 0. The molecule has 0 radical (unpaired) electrons. The van der Waals surface area contributed by atoms with E-state index in [0.717, 1.165) is 44.9 Å². The minimum Gasteiger partial charge on any atom is -0.462 e. The van der Waals surface area contributed by atoms with Gasteiger partial charge in [-0.05, 0) is 51.4 Å². The molecule has 0 aliphatic rings. The van der Waals surface area contributed by atoms with Gasteiger partial charge in [-0.1, -0.05) is 209 Å². The van der Waals surface area contributed by atoms with Gasteiger partial charge in [0.1, 0.15) is 13.2 Å². The molecule has 1 atom stereocenters. The van der Waals surface area contributed by atoms with E-state index in [1.54, 1.807) is 0 Å². The van der Waals surface area contributed by atoms with Crippen molar-refractivity contribution in [3.05, 3.63) is 85.1 Å². The van der Waals surface area contributed by atoms with Crippen molar-refractivity contribution in [2.24, 2.45) is 0 Å². The predicted octanol–water partition coefficient (Wildman–Crippen LogP) is 14.5. The van der Waals surface area contributed by atoms with Crippen molar-refractivity contribution >= 4 is 17.9 Å². The van der Waals surface area contributed by atoms with Crippen molar-refractivity contribution < 1.29 is 28.6 Å². The maximum absolute atomic E-state index is 12.7. The van der Waals surface area contributed by atoms with Crippen LogP contribution in [-0.4, -0.2) is 37.2 Å². The standard InChI is InChI=1S/C50H82O6/c1-4-7-10-13-16-19-22-25-28-31-34-37-40-43-49(52)55-46-47(45-54-48(51)42-39-36-33-30-27-24-21-18-15-12-9-6-3)56-50(53)44-41-38-35-32-29-26-23-20-17-14-11-8-5-2/h7,10,13,16,19,22,25-26,28-29,31,34-35,38,47H,4-6,8-9,11-12,14-15,17-18,20-21,23-24,27,30,32-33,36-37,39-46H2,1-3H3/b10-7-,16-13-,22-19-,28-25-,29-26-,34-31-,38-35-. The summed E-state index contributed by atoms with van der Waals surface area (Å²) >= 11 is 0. The number of allylic oxidation sites excluding steroid dienone is 14. The Kier molecular flexibility index (Phi) is 41.6. The lowest BCUT2D eigenvalue weighted by Crippen LogP contribution is -2.30. The molecule has 0 heterocycles. The van der Waals surface area contributed by atoms with Gasteiger partial charge in [-0.2, -0.15) is 0 Å². The number of esters is 3. The van der Waals surface area contributed by atoms with Crippen molar-refractivity contribution in [2.75, 3.05) is 13.2 Å². The van der Waals surface area contributed by atoms with Crippen molar-refractivity contribution in [1.29, 1.82) is 0 Å². The minimum absolute atomic E-state index is 0.121. The second-order valence-electron chi connectivity index (χ2n) is 14.7. The first-order valence-corrected chi connectivity index (χ1v) is 22.7. The Morgan fingerprint density at radius 1 is 0.393 bits per heavy atom. The van der Waals surface area contributed by atoms with Crippen LogP contribution in [-0.2, 0) is 28.6 Å². The molecule has 0 bridgehead atoms. The fraction of sp³-hybridized carbons (Fsp3) is 0.660. The van der Waals surface area contributed by atoms with Gasteiger partial charge in [-0.25, -0.2) is 0 Å². The molecule has 0 spiro atoms. The van der Waals surface area contributed by atoms with Gasteiger partial charge in [0.2, 0.25) is 0 Å². The maximum atomic E-state index is 12.7. The van der Waals surface area contributed by atoms with Crippen LogP contribution in [0.4, 0.5) is 0 Å². The lowest BCUT2D eigenvalue weighted by Gasteiger charge is -2.18. The molecular weight excluding hydrogens is 697 g/mol. The molecule has 0 aromatic carbocycles. The molecule has 6 heteroatoms. The molecule has 0 aromatic rings. The Bertz CT molecular complexity index is 1120. The predicted molar refractivity (Wildman–Crippen MR) is 237 cm³/mol. The molecule has 0 aromatic heterocycles. The number of hydrogen-bond acceptors (Lipinski definition) is 6. The molecule has 318 valence electrons. The van der Waals surface area contributed by atoms with Gasteiger partial charge in [0, 0.05) is 19.3 Å². The van der Waals surface area contributed by atoms with Crippen LogP contribution < -0.4 is 0 Å². The zero-order chi connectivity index (χ0) is 40.8. The molecule has 0 aliphatic carbocycles. The molecule has 1 unspecified atom stereocenters. The van der Waals surface area contributed by atoms with Crippen molar-refractivity contribution in [3.8, 4) is 0 Å². The van der Waals surface area contributed by atoms with Crippen LogP contribution in [0.25, 0.3) is 0 Å². The molecule has 0 saturated heterocycles. The highest BCUT2D eigenvalue weighted by Gasteiger charge is 2.19. The normalized spacial score (nSPS) is 12.8. The van der Waals surface area contributed by atoms with E-state index in [2.05, 4.69) is 45.1 Å². The molecule has 6 nitrogen and oxygen atoms in total. The first-order chi connectivity index (χ1) is 27.5. The Labute approximate surface area is 344 Å². The van der Waals surface area contributed by atoms with Crippen molar-refractivity contribution in [3.63, 3.8) is 0 Å².